The molecule has 0 fully saturated rings. The molecule has 0 amide bonds. The lowest BCUT2D eigenvalue weighted by atomic mass is 10.2. The molecule has 5 nitrogen and oxygen atoms in total. The first kappa shape index (κ1) is 15.6. The minimum absolute atomic E-state index is 0.446. The largest absolute Gasteiger partial charge is 0.493 e. The zero-order chi connectivity index (χ0) is 15.2. The molecule has 0 radical (unpaired) electrons. The fourth-order valence-corrected chi connectivity index (χ4v) is 2.23. The maximum absolute atomic E-state index is 6.01. The standard InChI is InChI=1S/C14H17ClN4OS/c1-9(2)7-20-12-4-3-11(15)5-10(12)6-17-19-14-18-13(16)8-21-14/h3-6,8-9H,7,16H2,1-2H3,(H,18,19). The van der Waals surface area contributed by atoms with Crippen molar-refractivity contribution in [3.63, 3.8) is 0 Å². The Morgan fingerprint density at radius 3 is 3.00 bits per heavy atom. The predicted octanol–water partition coefficient (Wildman–Crippen LogP) is 3.86. The van der Waals surface area contributed by atoms with E-state index in [1.165, 1.54) is 11.3 Å². The summed E-state index contributed by atoms with van der Waals surface area (Å²) in [7, 11) is 0. The van der Waals surface area contributed by atoms with Crippen molar-refractivity contribution in [2.24, 2.45) is 11.0 Å². The molecule has 2 aromatic rings. The van der Waals surface area contributed by atoms with Crippen LogP contribution in [0.1, 0.15) is 19.4 Å². The Kier molecular flexibility index (Phi) is 5.41. The van der Waals surface area contributed by atoms with Gasteiger partial charge in [-0.2, -0.15) is 5.10 Å². The van der Waals surface area contributed by atoms with E-state index in [1.807, 2.05) is 6.07 Å². The maximum Gasteiger partial charge on any atom is 0.205 e. The number of hydrogen-bond acceptors (Lipinski definition) is 6. The third kappa shape index (κ3) is 4.91. The Morgan fingerprint density at radius 1 is 1.52 bits per heavy atom. The molecule has 0 atom stereocenters. The summed E-state index contributed by atoms with van der Waals surface area (Å²) in [5.74, 6) is 1.67. The molecule has 0 unspecified atom stereocenters. The van der Waals surface area contributed by atoms with Crippen molar-refractivity contribution in [1.82, 2.24) is 4.98 Å². The van der Waals surface area contributed by atoms with Crippen LogP contribution in [-0.4, -0.2) is 17.8 Å². The quantitative estimate of drug-likeness (QED) is 0.625. The van der Waals surface area contributed by atoms with E-state index in [4.69, 9.17) is 22.1 Å². The van der Waals surface area contributed by atoms with Gasteiger partial charge >= 0.3 is 0 Å². The predicted molar refractivity (Wildman–Crippen MR) is 89.5 cm³/mol. The highest BCUT2D eigenvalue weighted by molar-refractivity contribution is 7.14. The van der Waals surface area contributed by atoms with Crippen LogP contribution in [0, 0.1) is 5.92 Å². The molecule has 7 heteroatoms. The van der Waals surface area contributed by atoms with Crippen LogP contribution in [0.3, 0.4) is 0 Å². The molecule has 1 aromatic carbocycles. The molecule has 1 aromatic heterocycles. The number of hydrazone groups is 1. The van der Waals surface area contributed by atoms with E-state index in [-0.39, 0.29) is 0 Å². The van der Waals surface area contributed by atoms with E-state index >= 15 is 0 Å². The number of aromatic nitrogens is 1. The smallest absolute Gasteiger partial charge is 0.205 e. The molecular formula is C14H17ClN4OS. The fraction of sp³-hybridized carbons (Fsp3) is 0.286. The molecule has 0 saturated carbocycles. The minimum atomic E-state index is 0.446. The third-order valence-electron chi connectivity index (χ3n) is 2.43. The topological polar surface area (TPSA) is 72.5 Å². The first-order chi connectivity index (χ1) is 10.0. The van der Waals surface area contributed by atoms with Crippen LogP contribution in [0.5, 0.6) is 5.75 Å². The molecule has 0 bridgehead atoms. The second-order valence-corrected chi connectivity index (χ2v) is 6.13. The number of nitrogens with zero attached hydrogens (tertiary/aromatic N) is 2. The molecule has 0 spiro atoms. The van der Waals surface area contributed by atoms with Crippen LogP contribution >= 0.6 is 22.9 Å². The normalized spacial score (nSPS) is 11.2. The molecule has 112 valence electrons. The number of anilines is 2. The second-order valence-electron chi connectivity index (χ2n) is 4.83. The molecular weight excluding hydrogens is 308 g/mol. The van der Waals surface area contributed by atoms with Crippen LogP contribution in [0.15, 0.2) is 28.7 Å². The number of nitrogens with two attached hydrogens (primary N) is 1. The van der Waals surface area contributed by atoms with E-state index in [0.717, 1.165) is 11.3 Å². The number of rotatable bonds is 6. The lowest BCUT2D eigenvalue weighted by Crippen LogP contribution is -2.06. The van der Waals surface area contributed by atoms with Crippen molar-refractivity contribution in [2.45, 2.75) is 13.8 Å². The van der Waals surface area contributed by atoms with Gasteiger partial charge in [0.15, 0.2) is 0 Å². The highest BCUT2D eigenvalue weighted by Gasteiger charge is 2.04. The zero-order valence-electron chi connectivity index (χ0n) is 11.8. The van der Waals surface area contributed by atoms with Gasteiger partial charge < -0.3 is 10.5 Å². The lowest BCUT2D eigenvalue weighted by molar-refractivity contribution is 0.271. The maximum atomic E-state index is 6.01. The molecule has 1 heterocycles. The first-order valence-corrected chi connectivity index (χ1v) is 7.73. The van der Waals surface area contributed by atoms with Gasteiger partial charge in [0.2, 0.25) is 5.13 Å². The van der Waals surface area contributed by atoms with Gasteiger partial charge in [0, 0.05) is 16.0 Å². The Bertz CT molecular complexity index is 627. The molecule has 0 aliphatic carbocycles. The van der Waals surface area contributed by atoms with E-state index in [9.17, 15) is 0 Å². The van der Waals surface area contributed by atoms with Crippen molar-refractivity contribution in [2.75, 3.05) is 17.8 Å². The van der Waals surface area contributed by atoms with Gasteiger partial charge in [0.1, 0.15) is 11.6 Å². The number of thiazole rings is 1. The molecule has 0 aliphatic rings. The fourth-order valence-electron chi connectivity index (χ4n) is 1.50. The van der Waals surface area contributed by atoms with E-state index in [1.54, 1.807) is 23.7 Å². The minimum Gasteiger partial charge on any atom is -0.493 e. The zero-order valence-corrected chi connectivity index (χ0v) is 13.4. The number of hydrogen-bond donors (Lipinski definition) is 2. The van der Waals surface area contributed by atoms with Gasteiger partial charge in [0.25, 0.3) is 0 Å². The molecule has 0 saturated heterocycles. The summed E-state index contributed by atoms with van der Waals surface area (Å²) in [6.07, 6.45) is 1.65. The average Bonchev–Trinajstić information content (AvgIpc) is 2.83. The number of nitrogens with one attached hydrogen (secondary N) is 1. The summed E-state index contributed by atoms with van der Waals surface area (Å²) in [6, 6.07) is 5.44. The van der Waals surface area contributed by atoms with Crippen molar-refractivity contribution in [3.8, 4) is 5.75 Å². The van der Waals surface area contributed by atoms with E-state index < -0.39 is 0 Å². The average molecular weight is 325 g/mol. The summed E-state index contributed by atoms with van der Waals surface area (Å²) in [5, 5.41) is 7.14. The van der Waals surface area contributed by atoms with Gasteiger partial charge in [-0.05, 0) is 24.1 Å². The number of halogens is 1. The van der Waals surface area contributed by atoms with Crippen LogP contribution in [0.25, 0.3) is 0 Å². The Morgan fingerprint density at radius 2 is 2.33 bits per heavy atom. The Hall–Kier alpha value is -1.79. The lowest BCUT2D eigenvalue weighted by Gasteiger charge is -2.11. The van der Waals surface area contributed by atoms with Gasteiger partial charge in [-0.3, -0.25) is 5.43 Å². The Balaban J connectivity index is 2.08. The summed E-state index contributed by atoms with van der Waals surface area (Å²) >= 11 is 7.40. The van der Waals surface area contributed by atoms with Crippen molar-refractivity contribution < 1.29 is 4.74 Å². The first-order valence-electron chi connectivity index (χ1n) is 6.47. The highest BCUT2D eigenvalue weighted by Crippen LogP contribution is 2.22. The van der Waals surface area contributed by atoms with Gasteiger partial charge in [-0.15, -0.1) is 11.3 Å². The van der Waals surface area contributed by atoms with Crippen molar-refractivity contribution in [3.05, 3.63) is 34.2 Å². The van der Waals surface area contributed by atoms with Crippen LogP contribution in [-0.2, 0) is 0 Å². The van der Waals surface area contributed by atoms with Gasteiger partial charge in [-0.25, -0.2) is 4.98 Å². The number of ether oxygens (including phenoxy) is 1. The van der Waals surface area contributed by atoms with Crippen LogP contribution in [0.2, 0.25) is 5.02 Å². The van der Waals surface area contributed by atoms with Crippen molar-refractivity contribution >= 4 is 40.1 Å². The van der Waals surface area contributed by atoms with Crippen LogP contribution in [0.4, 0.5) is 10.9 Å². The van der Waals surface area contributed by atoms with E-state index in [0.29, 0.717) is 28.5 Å². The van der Waals surface area contributed by atoms with Crippen LogP contribution < -0.4 is 15.9 Å². The molecule has 3 N–H and O–H groups in total. The SMILES string of the molecule is CC(C)COc1ccc(Cl)cc1C=NNc1nc(N)cs1. The third-order valence-corrected chi connectivity index (χ3v) is 3.43. The van der Waals surface area contributed by atoms with Gasteiger partial charge in [-0.1, -0.05) is 25.4 Å². The van der Waals surface area contributed by atoms with Gasteiger partial charge in [0.05, 0.1) is 12.8 Å². The Labute approximate surface area is 132 Å². The number of nitrogen functional groups attached to an aromatic ring is 1. The highest BCUT2D eigenvalue weighted by atomic mass is 35.5. The number of benzene rings is 1. The van der Waals surface area contributed by atoms with Crippen molar-refractivity contribution in [1.29, 1.82) is 0 Å². The summed E-state index contributed by atoms with van der Waals surface area (Å²) in [5.41, 5.74) is 9.17. The van der Waals surface area contributed by atoms with E-state index in [2.05, 4.69) is 29.4 Å². The monoisotopic (exact) mass is 324 g/mol. The molecule has 21 heavy (non-hydrogen) atoms. The summed E-state index contributed by atoms with van der Waals surface area (Å²) in [6.45, 7) is 4.83. The second kappa shape index (κ2) is 7.28. The molecule has 2 rings (SSSR count). The summed E-state index contributed by atoms with van der Waals surface area (Å²) < 4.78 is 5.75. The molecule has 0 aliphatic heterocycles. The summed E-state index contributed by atoms with van der Waals surface area (Å²) in [4.78, 5) is 4.06.